The average Bonchev–Trinajstić information content (AvgIpc) is 2.61. The van der Waals surface area contributed by atoms with Crippen LogP contribution >= 0.6 is 0 Å². The van der Waals surface area contributed by atoms with Gasteiger partial charge in [-0.25, -0.2) is 9.97 Å². The van der Waals surface area contributed by atoms with Gasteiger partial charge in [-0.1, -0.05) is 30.3 Å². The Bertz CT molecular complexity index is 845. The zero-order valence-corrected chi connectivity index (χ0v) is 13.6. The first-order valence-corrected chi connectivity index (χ1v) is 9.10. The van der Waals surface area contributed by atoms with Crippen LogP contribution in [-0.4, -0.2) is 39.4 Å². The lowest BCUT2D eigenvalue weighted by molar-refractivity contribution is 0.678. The van der Waals surface area contributed by atoms with Crippen LogP contribution in [0, 0.1) is 0 Å². The van der Waals surface area contributed by atoms with Crippen LogP contribution in [0.1, 0.15) is 17.5 Å². The van der Waals surface area contributed by atoms with E-state index in [1.807, 2.05) is 18.2 Å². The third kappa shape index (κ3) is 2.49. The molecule has 0 saturated carbocycles. The number of rotatable bonds is 2. The Morgan fingerprint density at radius 1 is 1.22 bits per heavy atom. The normalized spacial score (nSPS) is 17.7. The van der Waals surface area contributed by atoms with Crippen molar-refractivity contribution in [1.82, 2.24) is 9.97 Å². The van der Waals surface area contributed by atoms with Gasteiger partial charge in [-0.05, 0) is 18.1 Å². The maximum Gasteiger partial charge on any atom is 0.220 e. The molecule has 0 spiro atoms. The number of hydrogen-bond acceptors (Lipinski definition) is 5. The molecule has 1 unspecified atom stereocenters. The standard InChI is InChI=1S/C17H16N4OS/c1-23(22)17-19-11-13-10-14(12-6-3-2-4-7-12)16-18-8-5-9-21(16)15(13)20-17/h2-4,6-7,10-11H,5,8-9H2,1H3. The predicted molar refractivity (Wildman–Crippen MR) is 92.9 cm³/mol. The molecular weight excluding hydrogens is 308 g/mol. The highest BCUT2D eigenvalue weighted by molar-refractivity contribution is 7.84. The van der Waals surface area contributed by atoms with E-state index in [9.17, 15) is 4.21 Å². The molecule has 6 heteroatoms. The molecule has 5 nitrogen and oxygen atoms in total. The van der Waals surface area contributed by atoms with Crippen LogP contribution in [0.15, 0.2) is 46.7 Å². The van der Waals surface area contributed by atoms with Crippen molar-refractivity contribution in [1.29, 1.82) is 0 Å². The van der Waals surface area contributed by atoms with E-state index in [1.54, 1.807) is 12.5 Å². The van der Waals surface area contributed by atoms with E-state index in [-0.39, 0.29) is 0 Å². The second-order valence-electron chi connectivity index (χ2n) is 5.52. The fraction of sp³-hybridized carbons (Fsp3) is 0.235. The topological polar surface area (TPSA) is 58.5 Å². The van der Waals surface area contributed by atoms with E-state index < -0.39 is 10.8 Å². The van der Waals surface area contributed by atoms with E-state index in [4.69, 9.17) is 4.99 Å². The first-order chi connectivity index (χ1) is 11.2. The number of anilines is 1. The minimum absolute atomic E-state index is 0.366. The van der Waals surface area contributed by atoms with Crippen molar-refractivity contribution in [3.05, 3.63) is 47.7 Å². The molecule has 0 aliphatic carbocycles. The second kappa shape index (κ2) is 5.70. The highest BCUT2D eigenvalue weighted by Crippen LogP contribution is 2.34. The molecule has 0 fully saturated rings. The molecule has 0 saturated heterocycles. The van der Waals surface area contributed by atoms with Crippen molar-refractivity contribution in [2.45, 2.75) is 11.6 Å². The lowest BCUT2D eigenvalue weighted by atomic mass is 9.97. The van der Waals surface area contributed by atoms with Gasteiger partial charge >= 0.3 is 0 Å². The number of benzene rings is 1. The number of hydrogen-bond donors (Lipinski definition) is 0. The lowest BCUT2D eigenvalue weighted by Gasteiger charge is -2.34. The van der Waals surface area contributed by atoms with E-state index in [0.29, 0.717) is 5.16 Å². The molecule has 0 bridgehead atoms. The van der Waals surface area contributed by atoms with E-state index >= 15 is 0 Å². The minimum atomic E-state index is -1.19. The van der Waals surface area contributed by atoms with E-state index in [0.717, 1.165) is 47.9 Å². The van der Waals surface area contributed by atoms with Gasteiger partial charge in [0.15, 0.2) is 0 Å². The van der Waals surface area contributed by atoms with Crippen molar-refractivity contribution >= 4 is 34.1 Å². The molecule has 0 radical (unpaired) electrons. The van der Waals surface area contributed by atoms with Gasteiger partial charge in [-0.2, -0.15) is 0 Å². The van der Waals surface area contributed by atoms with Crippen LogP contribution < -0.4 is 4.90 Å². The fourth-order valence-corrected chi connectivity index (χ4v) is 3.33. The van der Waals surface area contributed by atoms with Crippen molar-refractivity contribution in [3.8, 4) is 0 Å². The first-order valence-electron chi connectivity index (χ1n) is 7.54. The SMILES string of the molecule is CS(=O)c1ncc2c(n1)N1CCCN=C1C(c1ccccc1)=C2. The summed E-state index contributed by atoms with van der Waals surface area (Å²) < 4.78 is 11.7. The highest BCUT2D eigenvalue weighted by Gasteiger charge is 2.29. The third-order valence-corrected chi connectivity index (χ3v) is 4.68. The molecule has 1 atom stereocenters. The van der Waals surface area contributed by atoms with Crippen molar-refractivity contribution in [2.75, 3.05) is 24.2 Å². The number of fused-ring (bicyclic) bond motifs is 3. The van der Waals surface area contributed by atoms with Gasteiger partial charge in [-0.3, -0.25) is 9.20 Å². The van der Waals surface area contributed by atoms with Gasteiger partial charge in [0, 0.05) is 36.7 Å². The molecule has 2 aliphatic heterocycles. The lowest BCUT2D eigenvalue weighted by Crippen LogP contribution is -2.39. The van der Waals surface area contributed by atoms with Crippen molar-refractivity contribution in [3.63, 3.8) is 0 Å². The summed E-state index contributed by atoms with van der Waals surface area (Å²) in [7, 11) is -1.19. The van der Waals surface area contributed by atoms with Crippen molar-refractivity contribution in [2.24, 2.45) is 4.99 Å². The molecule has 23 heavy (non-hydrogen) atoms. The van der Waals surface area contributed by atoms with Gasteiger partial charge < -0.3 is 4.90 Å². The predicted octanol–water partition coefficient (Wildman–Crippen LogP) is 2.38. The summed E-state index contributed by atoms with van der Waals surface area (Å²) in [5.74, 6) is 1.75. The summed E-state index contributed by atoms with van der Waals surface area (Å²) in [4.78, 5) is 15.6. The number of nitrogens with zero attached hydrogens (tertiary/aromatic N) is 4. The summed E-state index contributed by atoms with van der Waals surface area (Å²) in [6.45, 7) is 1.69. The summed E-state index contributed by atoms with van der Waals surface area (Å²) >= 11 is 0. The molecule has 1 aromatic carbocycles. The highest BCUT2D eigenvalue weighted by atomic mass is 32.2. The monoisotopic (exact) mass is 324 g/mol. The number of aliphatic imine (C=N–C) groups is 1. The van der Waals surface area contributed by atoms with Gasteiger partial charge in [0.2, 0.25) is 5.16 Å². The molecule has 0 amide bonds. The van der Waals surface area contributed by atoms with Crippen LogP contribution in [0.3, 0.4) is 0 Å². The van der Waals surface area contributed by atoms with Gasteiger partial charge in [0.25, 0.3) is 0 Å². The quantitative estimate of drug-likeness (QED) is 0.796. The molecular formula is C17H16N4OS. The summed E-state index contributed by atoms with van der Waals surface area (Å²) in [6, 6.07) is 10.2. The Morgan fingerprint density at radius 2 is 2.04 bits per heavy atom. The minimum Gasteiger partial charge on any atom is -0.310 e. The van der Waals surface area contributed by atoms with E-state index in [2.05, 4.69) is 33.1 Å². The van der Waals surface area contributed by atoms with Crippen LogP contribution in [0.5, 0.6) is 0 Å². The third-order valence-electron chi connectivity index (χ3n) is 3.97. The van der Waals surface area contributed by atoms with Crippen molar-refractivity contribution < 1.29 is 4.21 Å². The second-order valence-corrected chi connectivity index (χ2v) is 6.79. The Hall–Kier alpha value is -2.34. The van der Waals surface area contributed by atoms with Crippen LogP contribution in [-0.2, 0) is 10.8 Å². The molecule has 4 rings (SSSR count). The van der Waals surface area contributed by atoms with Crippen LogP contribution in [0.4, 0.5) is 5.82 Å². The molecule has 2 aromatic rings. The summed E-state index contributed by atoms with van der Waals surface area (Å²) in [6.07, 6.45) is 6.42. The maximum absolute atomic E-state index is 11.7. The number of amidine groups is 1. The Labute approximate surface area is 137 Å². The van der Waals surface area contributed by atoms with Gasteiger partial charge in [0.1, 0.15) is 11.7 Å². The largest absolute Gasteiger partial charge is 0.310 e. The van der Waals surface area contributed by atoms with Crippen LogP contribution in [0.2, 0.25) is 0 Å². The fourth-order valence-electron chi connectivity index (χ4n) is 2.92. The molecule has 1 aromatic heterocycles. The zero-order chi connectivity index (χ0) is 15.8. The molecule has 3 heterocycles. The summed E-state index contributed by atoms with van der Waals surface area (Å²) in [5.41, 5.74) is 3.16. The summed E-state index contributed by atoms with van der Waals surface area (Å²) in [5, 5.41) is 0.366. The smallest absolute Gasteiger partial charge is 0.220 e. The Kier molecular flexibility index (Phi) is 3.53. The molecule has 2 aliphatic rings. The molecule has 116 valence electrons. The van der Waals surface area contributed by atoms with E-state index in [1.165, 1.54) is 0 Å². The zero-order valence-electron chi connectivity index (χ0n) is 12.8. The average molecular weight is 324 g/mol. The first kappa shape index (κ1) is 14.3. The number of aromatic nitrogens is 2. The Balaban J connectivity index is 1.91. The van der Waals surface area contributed by atoms with Gasteiger partial charge in [-0.15, -0.1) is 0 Å². The molecule has 0 N–H and O–H groups in total. The Morgan fingerprint density at radius 3 is 2.83 bits per heavy atom. The maximum atomic E-state index is 11.7. The van der Waals surface area contributed by atoms with Gasteiger partial charge in [0.05, 0.1) is 10.8 Å². The van der Waals surface area contributed by atoms with Crippen LogP contribution in [0.25, 0.3) is 11.6 Å².